The average molecular weight is 308 g/mol. The molecule has 1 aromatic carbocycles. The molecule has 0 aliphatic carbocycles. The second-order valence-electron chi connectivity index (χ2n) is 4.67. The van der Waals surface area contributed by atoms with Gasteiger partial charge >= 0.3 is 11.9 Å². The Morgan fingerprint density at radius 1 is 1.24 bits per heavy atom. The number of aliphatic carboxylic acids is 2. The number of para-hydroxylation sites is 2. The third kappa shape index (κ3) is 3.55. The lowest BCUT2D eigenvalue weighted by Gasteiger charge is -2.17. The van der Waals surface area contributed by atoms with Crippen LogP contribution in [-0.4, -0.2) is 37.9 Å². The van der Waals surface area contributed by atoms with Crippen molar-refractivity contribution in [1.82, 2.24) is 9.97 Å². The molecule has 0 saturated carbocycles. The summed E-state index contributed by atoms with van der Waals surface area (Å²) in [4.78, 5) is 29.9. The molecule has 0 fully saturated rings. The monoisotopic (exact) mass is 308 g/mol. The molecule has 1 heterocycles. The minimum absolute atomic E-state index is 0.167. The zero-order valence-corrected chi connectivity index (χ0v) is 12.3. The Kier molecular flexibility index (Phi) is 4.85. The third-order valence-corrected chi connectivity index (χ3v) is 4.32. The lowest BCUT2D eigenvalue weighted by Crippen LogP contribution is -2.31. The van der Waals surface area contributed by atoms with E-state index in [4.69, 9.17) is 5.11 Å². The highest BCUT2D eigenvalue weighted by Gasteiger charge is 2.32. The van der Waals surface area contributed by atoms with Crippen LogP contribution in [0.2, 0.25) is 0 Å². The number of rotatable bonds is 7. The van der Waals surface area contributed by atoms with Crippen LogP contribution in [0.4, 0.5) is 0 Å². The minimum Gasteiger partial charge on any atom is -0.481 e. The summed E-state index contributed by atoms with van der Waals surface area (Å²) in [5, 5.41) is 18.9. The normalized spacial score (nSPS) is 14.0. The van der Waals surface area contributed by atoms with Gasteiger partial charge in [0.25, 0.3) is 0 Å². The van der Waals surface area contributed by atoms with Crippen molar-refractivity contribution in [2.45, 2.75) is 18.5 Å². The molecule has 2 aromatic rings. The summed E-state index contributed by atoms with van der Waals surface area (Å²) in [6.45, 7) is 1.68. The van der Waals surface area contributed by atoms with Gasteiger partial charge in [0, 0.05) is 5.75 Å². The Bertz CT molecular complexity index is 622. The van der Waals surface area contributed by atoms with Crippen LogP contribution >= 0.6 is 11.8 Å². The number of aromatic amines is 1. The first kappa shape index (κ1) is 15.4. The summed E-state index contributed by atoms with van der Waals surface area (Å²) in [7, 11) is 0. The van der Waals surface area contributed by atoms with Gasteiger partial charge in [-0.1, -0.05) is 30.8 Å². The number of aromatic nitrogens is 2. The lowest BCUT2D eigenvalue weighted by molar-refractivity contribution is -0.152. The number of carboxylic acids is 2. The number of carboxylic acid groups (broad SMARTS) is 2. The van der Waals surface area contributed by atoms with E-state index >= 15 is 0 Å². The number of hydrogen-bond donors (Lipinski definition) is 3. The number of benzene rings is 1. The quantitative estimate of drug-likeness (QED) is 0.679. The number of fused-ring (bicyclic) bond motifs is 1. The van der Waals surface area contributed by atoms with E-state index in [1.54, 1.807) is 6.92 Å². The Morgan fingerprint density at radius 3 is 2.48 bits per heavy atom. The number of hydrogen-bond acceptors (Lipinski definition) is 4. The molecule has 0 amide bonds. The fourth-order valence-corrected chi connectivity index (χ4v) is 3.21. The van der Waals surface area contributed by atoms with Gasteiger partial charge in [0.1, 0.15) is 0 Å². The molecule has 0 aliphatic rings. The fraction of sp³-hybridized carbons (Fsp3) is 0.357. The standard InChI is InChI=1S/C14H16N2O4S/c1-2-8(12(17)18)9(13(19)20)7-21-14-15-10-5-3-4-6-11(10)16-14/h3-6,8-9H,2,7H2,1H3,(H,15,16)(H,17,18)(H,19,20). The number of nitrogens with zero attached hydrogens (tertiary/aromatic N) is 1. The molecule has 0 bridgehead atoms. The summed E-state index contributed by atoms with van der Waals surface area (Å²) in [5.41, 5.74) is 1.68. The maximum Gasteiger partial charge on any atom is 0.308 e. The largest absolute Gasteiger partial charge is 0.481 e. The molecule has 3 N–H and O–H groups in total. The van der Waals surface area contributed by atoms with E-state index in [-0.39, 0.29) is 12.2 Å². The van der Waals surface area contributed by atoms with E-state index in [0.717, 1.165) is 11.0 Å². The van der Waals surface area contributed by atoms with E-state index in [1.807, 2.05) is 24.3 Å². The van der Waals surface area contributed by atoms with Gasteiger partial charge in [0.15, 0.2) is 5.16 Å². The number of imidazole rings is 1. The SMILES string of the molecule is CCC(C(=O)O)C(CSc1nc2ccccc2[nH]1)C(=O)O. The summed E-state index contributed by atoms with van der Waals surface area (Å²) in [6, 6.07) is 7.49. The van der Waals surface area contributed by atoms with Crippen LogP contribution in [0.5, 0.6) is 0 Å². The topological polar surface area (TPSA) is 103 Å². The average Bonchev–Trinajstić information content (AvgIpc) is 2.85. The van der Waals surface area contributed by atoms with Crippen LogP contribution in [0.3, 0.4) is 0 Å². The summed E-state index contributed by atoms with van der Waals surface area (Å²) in [6.07, 6.45) is 0.285. The Morgan fingerprint density at radius 2 is 1.90 bits per heavy atom. The maximum atomic E-state index is 11.3. The molecule has 6 nitrogen and oxygen atoms in total. The molecular weight excluding hydrogens is 292 g/mol. The van der Waals surface area contributed by atoms with E-state index in [0.29, 0.717) is 5.16 Å². The van der Waals surface area contributed by atoms with E-state index in [9.17, 15) is 14.7 Å². The van der Waals surface area contributed by atoms with Crippen molar-refractivity contribution in [2.24, 2.45) is 11.8 Å². The van der Waals surface area contributed by atoms with E-state index in [1.165, 1.54) is 11.8 Å². The molecule has 1 aromatic heterocycles. The van der Waals surface area contributed by atoms with Crippen molar-refractivity contribution in [3.63, 3.8) is 0 Å². The van der Waals surface area contributed by atoms with Gasteiger partial charge in [0.05, 0.1) is 22.9 Å². The van der Waals surface area contributed by atoms with E-state index < -0.39 is 23.8 Å². The number of nitrogens with one attached hydrogen (secondary N) is 1. The van der Waals surface area contributed by atoms with Crippen LogP contribution in [0, 0.1) is 11.8 Å². The molecule has 7 heteroatoms. The Hall–Kier alpha value is -2.02. The van der Waals surface area contributed by atoms with Gasteiger partial charge in [-0.05, 0) is 18.6 Å². The van der Waals surface area contributed by atoms with Crippen LogP contribution < -0.4 is 0 Å². The van der Waals surface area contributed by atoms with Crippen molar-refractivity contribution in [1.29, 1.82) is 0 Å². The highest BCUT2D eigenvalue weighted by Crippen LogP contribution is 2.26. The highest BCUT2D eigenvalue weighted by atomic mass is 32.2. The molecule has 0 saturated heterocycles. The third-order valence-electron chi connectivity index (χ3n) is 3.33. The molecule has 0 aliphatic heterocycles. The van der Waals surface area contributed by atoms with Gasteiger partial charge < -0.3 is 15.2 Å². The zero-order chi connectivity index (χ0) is 15.4. The van der Waals surface area contributed by atoms with Crippen molar-refractivity contribution < 1.29 is 19.8 Å². The number of carbonyl (C=O) groups is 2. The molecule has 0 radical (unpaired) electrons. The van der Waals surface area contributed by atoms with Crippen LogP contribution in [-0.2, 0) is 9.59 Å². The summed E-state index contributed by atoms with van der Waals surface area (Å²) >= 11 is 1.23. The number of thioether (sulfide) groups is 1. The first-order valence-electron chi connectivity index (χ1n) is 6.56. The van der Waals surface area contributed by atoms with Crippen molar-refractivity contribution >= 4 is 34.7 Å². The molecule has 0 spiro atoms. The second kappa shape index (κ2) is 6.62. The smallest absolute Gasteiger partial charge is 0.308 e. The van der Waals surface area contributed by atoms with Crippen molar-refractivity contribution in [3.8, 4) is 0 Å². The van der Waals surface area contributed by atoms with Gasteiger partial charge in [-0.3, -0.25) is 9.59 Å². The molecule has 112 valence electrons. The van der Waals surface area contributed by atoms with E-state index in [2.05, 4.69) is 9.97 Å². The van der Waals surface area contributed by atoms with Gasteiger partial charge in [-0.25, -0.2) is 4.98 Å². The number of H-pyrrole nitrogens is 1. The molecular formula is C14H16N2O4S. The zero-order valence-electron chi connectivity index (χ0n) is 11.4. The second-order valence-corrected chi connectivity index (χ2v) is 5.68. The van der Waals surface area contributed by atoms with Crippen molar-refractivity contribution in [2.75, 3.05) is 5.75 Å². The predicted molar refractivity (Wildman–Crippen MR) is 79.4 cm³/mol. The minimum atomic E-state index is -1.09. The first-order chi connectivity index (χ1) is 10.0. The Labute approximate surface area is 125 Å². The predicted octanol–water partition coefficient (Wildman–Crippen LogP) is 2.47. The summed E-state index contributed by atoms with van der Waals surface area (Å²) in [5.74, 6) is -3.83. The van der Waals surface area contributed by atoms with Crippen molar-refractivity contribution in [3.05, 3.63) is 24.3 Å². The van der Waals surface area contributed by atoms with Crippen LogP contribution in [0.15, 0.2) is 29.4 Å². The molecule has 2 atom stereocenters. The fourth-order valence-electron chi connectivity index (χ4n) is 2.16. The van der Waals surface area contributed by atoms with Gasteiger partial charge in [-0.15, -0.1) is 0 Å². The van der Waals surface area contributed by atoms with Gasteiger partial charge in [-0.2, -0.15) is 0 Å². The van der Waals surface area contributed by atoms with Gasteiger partial charge in [0.2, 0.25) is 0 Å². The molecule has 21 heavy (non-hydrogen) atoms. The van der Waals surface area contributed by atoms with Crippen LogP contribution in [0.1, 0.15) is 13.3 Å². The molecule has 2 unspecified atom stereocenters. The molecule has 2 rings (SSSR count). The van der Waals surface area contributed by atoms with Crippen LogP contribution in [0.25, 0.3) is 11.0 Å². The maximum absolute atomic E-state index is 11.3. The highest BCUT2D eigenvalue weighted by molar-refractivity contribution is 7.99. The summed E-state index contributed by atoms with van der Waals surface area (Å²) < 4.78 is 0. The first-order valence-corrected chi connectivity index (χ1v) is 7.54. The Balaban J connectivity index is 2.11. The lowest BCUT2D eigenvalue weighted by atomic mass is 9.92.